The van der Waals surface area contributed by atoms with E-state index in [1.165, 1.54) is 0 Å². The zero-order valence-electron chi connectivity index (χ0n) is 9.71. The number of nitrogens with two attached hydrogens (primary N) is 1. The lowest BCUT2D eigenvalue weighted by Gasteiger charge is -2.13. The lowest BCUT2D eigenvalue weighted by Crippen LogP contribution is -2.07. The number of aromatic nitrogens is 1. The molecule has 0 saturated heterocycles. The highest BCUT2D eigenvalue weighted by molar-refractivity contribution is 8.01. The van der Waals surface area contributed by atoms with Crippen LogP contribution in [0.25, 0.3) is 0 Å². The molecule has 1 aromatic heterocycles. The van der Waals surface area contributed by atoms with Gasteiger partial charge in [0.15, 0.2) is 4.34 Å². The predicted molar refractivity (Wildman–Crippen MR) is 72.9 cm³/mol. The molecule has 1 aromatic carbocycles. The van der Waals surface area contributed by atoms with Gasteiger partial charge in [0.1, 0.15) is 5.75 Å². The molecule has 0 aliphatic carbocycles. The van der Waals surface area contributed by atoms with Crippen LogP contribution in [0.4, 0.5) is 5.69 Å². The van der Waals surface area contributed by atoms with Crippen LogP contribution < -0.4 is 10.5 Å². The van der Waals surface area contributed by atoms with E-state index in [4.69, 9.17) is 10.5 Å². The second kappa shape index (κ2) is 5.42. The second-order valence-corrected chi connectivity index (χ2v) is 5.92. The van der Waals surface area contributed by atoms with Crippen molar-refractivity contribution in [1.82, 2.24) is 4.98 Å². The Balaban J connectivity index is 2.23. The van der Waals surface area contributed by atoms with Crippen molar-refractivity contribution in [2.45, 2.75) is 29.2 Å². The third kappa shape index (κ3) is 3.14. The van der Waals surface area contributed by atoms with Gasteiger partial charge in [0.25, 0.3) is 0 Å². The van der Waals surface area contributed by atoms with E-state index < -0.39 is 0 Å². The van der Waals surface area contributed by atoms with Crippen molar-refractivity contribution < 1.29 is 4.74 Å². The molecule has 0 aliphatic heterocycles. The van der Waals surface area contributed by atoms with Gasteiger partial charge in [-0.2, -0.15) is 0 Å². The summed E-state index contributed by atoms with van der Waals surface area (Å²) in [5, 5.41) is 1.95. The first-order valence-electron chi connectivity index (χ1n) is 5.29. The van der Waals surface area contributed by atoms with Crippen molar-refractivity contribution in [3.05, 3.63) is 29.8 Å². The maximum atomic E-state index is 6.08. The fourth-order valence-corrected chi connectivity index (χ4v) is 2.97. The fraction of sp³-hybridized carbons (Fsp3) is 0.250. The van der Waals surface area contributed by atoms with E-state index in [0.717, 1.165) is 15.0 Å². The van der Waals surface area contributed by atoms with E-state index in [0.29, 0.717) is 5.69 Å². The van der Waals surface area contributed by atoms with Gasteiger partial charge in [-0.25, -0.2) is 4.98 Å². The predicted octanol–water partition coefficient (Wildman–Crippen LogP) is 3.66. The van der Waals surface area contributed by atoms with Crippen molar-refractivity contribution in [3.8, 4) is 5.75 Å². The van der Waals surface area contributed by atoms with E-state index in [1.54, 1.807) is 29.3 Å². The average molecular weight is 266 g/mol. The van der Waals surface area contributed by atoms with Gasteiger partial charge in [0.2, 0.25) is 0 Å². The molecule has 17 heavy (non-hydrogen) atoms. The van der Waals surface area contributed by atoms with Crippen LogP contribution in [0.5, 0.6) is 5.75 Å². The van der Waals surface area contributed by atoms with Gasteiger partial charge in [0, 0.05) is 16.5 Å². The number of thiazole rings is 1. The van der Waals surface area contributed by atoms with Crippen LogP contribution in [-0.2, 0) is 0 Å². The molecular weight excluding hydrogens is 252 g/mol. The number of anilines is 1. The summed E-state index contributed by atoms with van der Waals surface area (Å²) in [6.07, 6.45) is 1.91. The third-order valence-corrected chi connectivity index (χ3v) is 3.96. The fourth-order valence-electron chi connectivity index (χ4n) is 1.32. The quantitative estimate of drug-likeness (QED) is 0.858. The Kier molecular flexibility index (Phi) is 3.91. The molecule has 5 heteroatoms. The molecule has 0 atom stereocenters. The summed E-state index contributed by atoms with van der Waals surface area (Å²) in [5.41, 5.74) is 6.76. The number of rotatable bonds is 4. The number of benzene rings is 1. The summed E-state index contributed by atoms with van der Waals surface area (Å²) in [5.74, 6) is 0.738. The first kappa shape index (κ1) is 12.3. The van der Waals surface area contributed by atoms with Gasteiger partial charge in [-0.05, 0) is 26.0 Å². The summed E-state index contributed by atoms with van der Waals surface area (Å²) in [6.45, 7) is 3.97. The van der Waals surface area contributed by atoms with Crippen LogP contribution in [0.3, 0.4) is 0 Å². The third-order valence-electron chi connectivity index (χ3n) is 2.00. The summed E-state index contributed by atoms with van der Waals surface area (Å²) in [6, 6.07) is 5.82. The molecule has 0 amide bonds. The zero-order chi connectivity index (χ0) is 12.3. The van der Waals surface area contributed by atoms with Crippen molar-refractivity contribution in [1.29, 1.82) is 0 Å². The number of ether oxygens (including phenoxy) is 1. The van der Waals surface area contributed by atoms with Gasteiger partial charge in [0.05, 0.1) is 11.8 Å². The Labute approximate surface area is 109 Å². The maximum Gasteiger partial charge on any atom is 0.154 e. The Bertz CT molecular complexity index is 483. The van der Waals surface area contributed by atoms with E-state index in [1.807, 2.05) is 37.4 Å². The Morgan fingerprint density at radius 1 is 1.41 bits per heavy atom. The number of para-hydroxylation sites is 1. The molecule has 0 aliphatic rings. The van der Waals surface area contributed by atoms with Crippen molar-refractivity contribution in [2.24, 2.45) is 0 Å². The first-order chi connectivity index (χ1) is 8.16. The lowest BCUT2D eigenvalue weighted by atomic mass is 10.3. The first-order valence-corrected chi connectivity index (χ1v) is 6.99. The van der Waals surface area contributed by atoms with Crippen LogP contribution in [0, 0.1) is 0 Å². The minimum atomic E-state index is 0.123. The Morgan fingerprint density at radius 2 is 2.24 bits per heavy atom. The summed E-state index contributed by atoms with van der Waals surface area (Å²) in [7, 11) is 0. The van der Waals surface area contributed by atoms with E-state index in [2.05, 4.69) is 4.98 Å². The molecule has 0 fully saturated rings. The highest BCUT2D eigenvalue weighted by Crippen LogP contribution is 2.37. The molecular formula is C12H14N2OS2. The largest absolute Gasteiger partial charge is 0.489 e. The smallest absolute Gasteiger partial charge is 0.154 e. The second-order valence-electron chi connectivity index (χ2n) is 3.73. The molecule has 1 heterocycles. The topological polar surface area (TPSA) is 48.1 Å². The Morgan fingerprint density at radius 3 is 2.88 bits per heavy atom. The highest BCUT2D eigenvalue weighted by Gasteiger charge is 2.09. The molecule has 0 saturated carbocycles. The molecule has 90 valence electrons. The van der Waals surface area contributed by atoms with E-state index in [9.17, 15) is 0 Å². The van der Waals surface area contributed by atoms with Crippen molar-refractivity contribution in [2.75, 3.05) is 5.73 Å². The van der Waals surface area contributed by atoms with Gasteiger partial charge in [-0.3, -0.25) is 0 Å². The highest BCUT2D eigenvalue weighted by atomic mass is 32.2. The lowest BCUT2D eigenvalue weighted by molar-refractivity contribution is 0.243. The maximum absolute atomic E-state index is 6.08. The van der Waals surface area contributed by atoms with Gasteiger partial charge < -0.3 is 10.5 Å². The zero-order valence-corrected chi connectivity index (χ0v) is 11.3. The molecule has 0 spiro atoms. The average Bonchev–Trinajstić information content (AvgIpc) is 2.76. The van der Waals surface area contributed by atoms with E-state index >= 15 is 0 Å². The minimum Gasteiger partial charge on any atom is -0.489 e. The van der Waals surface area contributed by atoms with Gasteiger partial charge in [-0.15, -0.1) is 11.3 Å². The standard InChI is InChI=1S/C12H14N2OS2/c1-8(2)15-9-4-3-5-10(11(9)13)17-12-14-6-7-16-12/h3-8H,13H2,1-2H3. The molecule has 3 nitrogen and oxygen atoms in total. The number of nitrogen functional groups attached to an aromatic ring is 1. The molecule has 0 unspecified atom stereocenters. The van der Waals surface area contributed by atoms with Crippen LogP contribution in [-0.4, -0.2) is 11.1 Å². The summed E-state index contributed by atoms with van der Waals surface area (Å²) < 4.78 is 6.63. The van der Waals surface area contributed by atoms with Crippen LogP contribution in [0.15, 0.2) is 39.0 Å². The molecule has 2 N–H and O–H groups in total. The minimum absolute atomic E-state index is 0.123. The van der Waals surface area contributed by atoms with Crippen LogP contribution in [0.1, 0.15) is 13.8 Å². The van der Waals surface area contributed by atoms with Crippen molar-refractivity contribution in [3.63, 3.8) is 0 Å². The number of nitrogens with zero attached hydrogens (tertiary/aromatic N) is 1. The summed E-state index contributed by atoms with van der Waals surface area (Å²) in [4.78, 5) is 5.21. The molecule has 2 aromatic rings. The van der Waals surface area contributed by atoms with Crippen LogP contribution in [0.2, 0.25) is 0 Å². The Hall–Kier alpha value is -1.20. The van der Waals surface area contributed by atoms with Crippen LogP contribution >= 0.6 is 23.1 Å². The van der Waals surface area contributed by atoms with Gasteiger partial charge in [-0.1, -0.05) is 17.8 Å². The monoisotopic (exact) mass is 266 g/mol. The number of hydrogen-bond donors (Lipinski definition) is 1. The molecule has 0 bridgehead atoms. The van der Waals surface area contributed by atoms with E-state index in [-0.39, 0.29) is 6.10 Å². The van der Waals surface area contributed by atoms with Gasteiger partial charge >= 0.3 is 0 Å². The molecule has 0 radical (unpaired) electrons. The summed E-state index contributed by atoms with van der Waals surface area (Å²) >= 11 is 3.17. The normalized spacial score (nSPS) is 10.8. The number of hydrogen-bond acceptors (Lipinski definition) is 5. The molecule has 2 rings (SSSR count). The SMILES string of the molecule is CC(C)Oc1cccc(Sc2nccs2)c1N. The van der Waals surface area contributed by atoms with Crippen molar-refractivity contribution >= 4 is 28.8 Å².